The number of carbonyl (C=O) groups excluding carboxylic acids is 2. The molecule has 114 valence electrons. The van der Waals surface area contributed by atoms with Crippen LogP contribution in [0.2, 0.25) is 0 Å². The van der Waals surface area contributed by atoms with Crippen molar-refractivity contribution in [2.45, 2.75) is 19.8 Å². The third-order valence-electron chi connectivity index (χ3n) is 3.66. The summed E-state index contributed by atoms with van der Waals surface area (Å²) in [6, 6.07) is 6.80. The first-order valence-corrected chi connectivity index (χ1v) is 7.36. The first-order valence-electron chi connectivity index (χ1n) is 7.36. The molecule has 21 heavy (non-hydrogen) atoms. The van der Waals surface area contributed by atoms with Crippen molar-refractivity contribution >= 4 is 17.6 Å². The van der Waals surface area contributed by atoms with Crippen molar-refractivity contribution < 1.29 is 14.3 Å². The van der Waals surface area contributed by atoms with Crippen molar-refractivity contribution in [2.75, 3.05) is 32.1 Å². The Bertz CT molecular complexity index is 499. The van der Waals surface area contributed by atoms with Gasteiger partial charge in [-0.2, -0.15) is 0 Å². The van der Waals surface area contributed by atoms with Gasteiger partial charge in [-0.1, -0.05) is 0 Å². The molecular formula is C16H22N2O3. The minimum absolute atomic E-state index is 0.0356. The van der Waals surface area contributed by atoms with Gasteiger partial charge < -0.3 is 15.0 Å². The Morgan fingerprint density at radius 3 is 2.67 bits per heavy atom. The molecule has 1 aromatic carbocycles. The highest BCUT2D eigenvalue weighted by Gasteiger charge is 2.23. The predicted molar refractivity (Wildman–Crippen MR) is 81.2 cm³/mol. The Labute approximate surface area is 125 Å². The first-order chi connectivity index (χ1) is 10.1. The Morgan fingerprint density at radius 1 is 1.33 bits per heavy atom. The average molecular weight is 290 g/mol. The lowest BCUT2D eigenvalue weighted by Crippen LogP contribution is -2.38. The largest absolute Gasteiger partial charge is 0.462 e. The summed E-state index contributed by atoms with van der Waals surface area (Å²) in [4.78, 5) is 25.9. The third-order valence-corrected chi connectivity index (χ3v) is 3.66. The van der Waals surface area contributed by atoms with Crippen molar-refractivity contribution in [1.82, 2.24) is 4.90 Å². The van der Waals surface area contributed by atoms with E-state index in [1.165, 1.54) is 0 Å². The fourth-order valence-electron chi connectivity index (χ4n) is 2.53. The second kappa shape index (κ2) is 7.22. The summed E-state index contributed by atoms with van der Waals surface area (Å²) in [6.07, 6.45) is 1.98. The van der Waals surface area contributed by atoms with E-state index in [9.17, 15) is 9.59 Å². The van der Waals surface area contributed by atoms with Crippen molar-refractivity contribution in [2.24, 2.45) is 5.92 Å². The maximum atomic E-state index is 12.2. The summed E-state index contributed by atoms with van der Waals surface area (Å²) < 4.78 is 4.92. The fraction of sp³-hybridized carbons (Fsp3) is 0.500. The Balaban J connectivity index is 1.93. The van der Waals surface area contributed by atoms with Crippen LogP contribution in [0.15, 0.2) is 24.3 Å². The van der Waals surface area contributed by atoms with Crippen molar-refractivity contribution in [1.29, 1.82) is 0 Å². The van der Waals surface area contributed by atoms with E-state index in [4.69, 9.17) is 4.74 Å². The molecule has 2 rings (SSSR count). The summed E-state index contributed by atoms with van der Waals surface area (Å²) >= 11 is 0. The molecule has 1 atom stereocenters. The van der Waals surface area contributed by atoms with Crippen LogP contribution in [0.4, 0.5) is 5.69 Å². The lowest BCUT2D eigenvalue weighted by Gasteiger charge is -2.28. The lowest BCUT2D eigenvalue weighted by molar-refractivity contribution is -0.121. The number of amides is 1. The van der Waals surface area contributed by atoms with E-state index in [1.54, 1.807) is 31.2 Å². The molecule has 1 N–H and O–H groups in total. The highest BCUT2D eigenvalue weighted by molar-refractivity contribution is 5.94. The zero-order valence-electron chi connectivity index (χ0n) is 12.6. The monoisotopic (exact) mass is 290 g/mol. The summed E-state index contributed by atoms with van der Waals surface area (Å²) in [5, 5.41) is 2.91. The molecule has 1 aromatic rings. The van der Waals surface area contributed by atoms with Crippen LogP contribution in [0.25, 0.3) is 0 Å². The number of hydrogen-bond donors (Lipinski definition) is 1. The van der Waals surface area contributed by atoms with Gasteiger partial charge in [0.25, 0.3) is 0 Å². The van der Waals surface area contributed by atoms with Crippen LogP contribution in [0, 0.1) is 5.92 Å². The molecule has 0 bridgehead atoms. The molecule has 1 aliphatic heterocycles. The van der Waals surface area contributed by atoms with Crippen molar-refractivity contribution in [3.8, 4) is 0 Å². The van der Waals surface area contributed by atoms with Crippen LogP contribution in [-0.2, 0) is 9.53 Å². The molecule has 1 saturated heterocycles. The number of rotatable bonds is 4. The summed E-state index contributed by atoms with van der Waals surface area (Å²) in [7, 11) is 2.04. The number of carbonyl (C=O) groups is 2. The molecule has 0 spiro atoms. The molecule has 5 heteroatoms. The number of esters is 1. The van der Waals surface area contributed by atoms with Gasteiger partial charge in [0.1, 0.15) is 0 Å². The molecule has 0 unspecified atom stereocenters. The Hall–Kier alpha value is -1.88. The topological polar surface area (TPSA) is 58.6 Å². The normalized spacial score (nSPS) is 19.0. The molecule has 1 aliphatic rings. The van der Waals surface area contributed by atoms with Gasteiger partial charge in [0, 0.05) is 12.2 Å². The van der Waals surface area contributed by atoms with Gasteiger partial charge in [-0.05, 0) is 57.6 Å². The van der Waals surface area contributed by atoms with Gasteiger partial charge >= 0.3 is 5.97 Å². The maximum Gasteiger partial charge on any atom is 0.338 e. The minimum Gasteiger partial charge on any atom is -0.462 e. The second-order valence-electron chi connectivity index (χ2n) is 5.39. The van der Waals surface area contributed by atoms with E-state index in [1.807, 2.05) is 7.05 Å². The molecule has 0 saturated carbocycles. The molecule has 0 aliphatic carbocycles. The number of likely N-dealkylation sites (tertiary alicyclic amines) is 1. The van der Waals surface area contributed by atoms with Crippen molar-refractivity contribution in [3.63, 3.8) is 0 Å². The maximum absolute atomic E-state index is 12.2. The molecule has 1 heterocycles. The number of nitrogens with zero attached hydrogens (tertiary/aromatic N) is 1. The van der Waals surface area contributed by atoms with E-state index in [0.29, 0.717) is 17.9 Å². The second-order valence-corrected chi connectivity index (χ2v) is 5.39. The van der Waals surface area contributed by atoms with Gasteiger partial charge in [0.05, 0.1) is 18.1 Å². The summed E-state index contributed by atoms with van der Waals surface area (Å²) in [5.74, 6) is -0.261. The third kappa shape index (κ3) is 4.29. The number of anilines is 1. The Kier molecular flexibility index (Phi) is 5.33. The van der Waals surface area contributed by atoms with Crippen LogP contribution in [0.5, 0.6) is 0 Å². The number of benzene rings is 1. The molecular weight excluding hydrogens is 268 g/mol. The SMILES string of the molecule is CCOC(=O)c1ccc(NC(=O)[C@H]2CCCN(C)C2)cc1. The van der Waals surface area contributed by atoms with E-state index in [2.05, 4.69) is 10.2 Å². The van der Waals surface area contributed by atoms with Crippen LogP contribution in [0.3, 0.4) is 0 Å². The molecule has 5 nitrogen and oxygen atoms in total. The van der Waals surface area contributed by atoms with Gasteiger partial charge in [0.15, 0.2) is 0 Å². The number of ether oxygens (including phenoxy) is 1. The Morgan fingerprint density at radius 2 is 2.05 bits per heavy atom. The number of nitrogens with one attached hydrogen (secondary N) is 1. The van der Waals surface area contributed by atoms with Crippen LogP contribution < -0.4 is 5.32 Å². The van der Waals surface area contributed by atoms with Crippen molar-refractivity contribution in [3.05, 3.63) is 29.8 Å². The van der Waals surface area contributed by atoms with E-state index >= 15 is 0 Å². The van der Waals surface area contributed by atoms with Gasteiger partial charge in [0.2, 0.25) is 5.91 Å². The first kappa shape index (κ1) is 15.5. The lowest BCUT2D eigenvalue weighted by atomic mass is 9.97. The minimum atomic E-state index is -0.343. The van der Waals surface area contributed by atoms with Crippen LogP contribution >= 0.6 is 0 Å². The standard InChI is InChI=1S/C16H22N2O3/c1-3-21-16(20)12-6-8-14(9-7-12)17-15(19)13-5-4-10-18(2)11-13/h6-9,13H,3-5,10-11H2,1-2H3,(H,17,19)/t13-/m0/s1. The van der Waals surface area contributed by atoms with Gasteiger partial charge in [-0.25, -0.2) is 4.79 Å². The predicted octanol–water partition coefficient (Wildman–Crippen LogP) is 2.14. The number of hydrogen-bond acceptors (Lipinski definition) is 4. The molecule has 0 radical (unpaired) electrons. The quantitative estimate of drug-likeness (QED) is 0.863. The van der Waals surface area contributed by atoms with E-state index in [-0.39, 0.29) is 17.8 Å². The summed E-state index contributed by atoms with van der Waals surface area (Å²) in [5.41, 5.74) is 1.20. The highest BCUT2D eigenvalue weighted by atomic mass is 16.5. The smallest absolute Gasteiger partial charge is 0.338 e. The average Bonchev–Trinajstić information content (AvgIpc) is 2.48. The van der Waals surface area contributed by atoms with Crippen LogP contribution in [-0.4, -0.2) is 43.5 Å². The number of piperidine rings is 1. The van der Waals surface area contributed by atoms with E-state index < -0.39 is 0 Å². The van der Waals surface area contributed by atoms with Gasteiger partial charge in [-0.3, -0.25) is 4.79 Å². The fourth-order valence-corrected chi connectivity index (χ4v) is 2.53. The zero-order chi connectivity index (χ0) is 15.2. The highest BCUT2D eigenvalue weighted by Crippen LogP contribution is 2.18. The zero-order valence-corrected chi connectivity index (χ0v) is 12.6. The van der Waals surface area contributed by atoms with Crippen LogP contribution in [0.1, 0.15) is 30.1 Å². The molecule has 1 amide bonds. The molecule has 1 fully saturated rings. The molecule has 0 aromatic heterocycles. The van der Waals surface area contributed by atoms with E-state index in [0.717, 1.165) is 25.9 Å². The summed E-state index contributed by atoms with van der Waals surface area (Å²) in [6.45, 7) is 3.98. The van der Waals surface area contributed by atoms with Gasteiger partial charge in [-0.15, -0.1) is 0 Å².